The molecule has 13 heavy (non-hydrogen) atoms. The molecule has 5 heteroatoms. The van der Waals surface area contributed by atoms with E-state index in [1.807, 2.05) is 0 Å². The van der Waals surface area contributed by atoms with Crippen LogP contribution < -0.4 is 9.47 Å². The lowest BCUT2D eigenvalue weighted by atomic mass is 10.2. The van der Waals surface area contributed by atoms with Crippen LogP contribution in [0.2, 0.25) is 0 Å². The number of aldehydes is 1. The number of rotatable bonds is 1. The number of benzene rings is 1. The van der Waals surface area contributed by atoms with Gasteiger partial charge in [0, 0.05) is 6.07 Å². The van der Waals surface area contributed by atoms with Gasteiger partial charge in [-0.1, -0.05) is 0 Å². The third-order valence-corrected chi connectivity index (χ3v) is 1.74. The van der Waals surface area contributed by atoms with Crippen LogP contribution in [0.1, 0.15) is 10.4 Å². The maximum absolute atomic E-state index is 13.2. The van der Waals surface area contributed by atoms with E-state index in [1.54, 1.807) is 0 Å². The van der Waals surface area contributed by atoms with Crippen molar-refractivity contribution in [3.63, 3.8) is 0 Å². The summed E-state index contributed by atoms with van der Waals surface area (Å²) in [5.74, 6) is -1.35. The molecule has 68 valence electrons. The van der Waals surface area contributed by atoms with E-state index in [-0.39, 0.29) is 24.6 Å². The molecule has 0 aromatic heterocycles. The minimum Gasteiger partial charge on any atom is -0.507 e. The molecule has 0 saturated heterocycles. The van der Waals surface area contributed by atoms with Crippen molar-refractivity contribution in [2.75, 3.05) is 6.79 Å². The van der Waals surface area contributed by atoms with Crippen LogP contribution in [0.5, 0.6) is 17.2 Å². The molecule has 0 radical (unpaired) electrons. The zero-order valence-electron chi connectivity index (χ0n) is 6.41. The van der Waals surface area contributed by atoms with Crippen molar-refractivity contribution in [2.45, 2.75) is 0 Å². The van der Waals surface area contributed by atoms with Crippen LogP contribution >= 0.6 is 0 Å². The van der Waals surface area contributed by atoms with Crippen LogP contribution in [0.4, 0.5) is 4.39 Å². The summed E-state index contributed by atoms with van der Waals surface area (Å²) >= 11 is 0. The molecule has 1 aliphatic heterocycles. The van der Waals surface area contributed by atoms with Crippen LogP contribution in [0, 0.1) is 5.82 Å². The monoisotopic (exact) mass is 184 g/mol. The fourth-order valence-corrected chi connectivity index (χ4v) is 1.12. The van der Waals surface area contributed by atoms with Gasteiger partial charge in [-0.2, -0.15) is 0 Å². The highest BCUT2D eigenvalue weighted by Gasteiger charge is 2.24. The first-order valence-corrected chi connectivity index (χ1v) is 3.50. The van der Waals surface area contributed by atoms with E-state index in [4.69, 9.17) is 14.6 Å². The highest BCUT2D eigenvalue weighted by atomic mass is 19.1. The number of phenols is 1. The lowest BCUT2D eigenvalue weighted by molar-refractivity contribution is 0.111. The topological polar surface area (TPSA) is 55.8 Å². The first-order chi connectivity index (χ1) is 6.24. The Morgan fingerprint density at radius 3 is 3.00 bits per heavy atom. The molecule has 1 aromatic rings. The summed E-state index contributed by atoms with van der Waals surface area (Å²) in [7, 11) is 0. The molecule has 0 unspecified atom stereocenters. The van der Waals surface area contributed by atoms with Crippen molar-refractivity contribution in [1.29, 1.82) is 0 Å². The quantitative estimate of drug-likeness (QED) is 0.663. The molecule has 1 aromatic carbocycles. The second kappa shape index (κ2) is 2.62. The number of aromatic hydroxyl groups is 1. The van der Waals surface area contributed by atoms with Crippen molar-refractivity contribution in [3.05, 3.63) is 17.4 Å². The Morgan fingerprint density at radius 1 is 1.54 bits per heavy atom. The van der Waals surface area contributed by atoms with Gasteiger partial charge >= 0.3 is 0 Å². The predicted molar refractivity (Wildman–Crippen MR) is 39.6 cm³/mol. The molecule has 4 nitrogen and oxygen atoms in total. The Balaban J connectivity index is 2.69. The molecule has 0 atom stereocenters. The van der Waals surface area contributed by atoms with Gasteiger partial charge in [-0.15, -0.1) is 0 Å². The fourth-order valence-electron chi connectivity index (χ4n) is 1.12. The van der Waals surface area contributed by atoms with Crippen LogP contribution in [-0.2, 0) is 0 Å². The van der Waals surface area contributed by atoms with Crippen LogP contribution in [0.3, 0.4) is 0 Å². The van der Waals surface area contributed by atoms with E-state index in [0.717, 1.165) is 6.07 Å². The van der Waals surface area contributed by atoms with Gasteiger partial charge in [-0.25, -0.2) is 4.39 Å². The molecule has 1 N–H and O–H groups in total. The number of carbonyl (C=O) groups is 1. The number of hydrogen-bond acceptors (Lipinski definition) is 4. The standard InChI is InChI=1S/C8H5FO4/c9-7-4(2-10)5(11)1-6-8(7)13-3-12-6/h1-2,11H,3H2. The number of halogens is 1. The van der Waals surface area contributed by atoms with Crippen molar-refractivity contribution in [1.82, 2.24) is 0 Å². The van der Waals surface area contributed by atoms with E-state index in [0.29, 0.717) is 0 Å². The third-order valence-electron chi connectivity index (χ3n) is 1.74. The number of carbonyl (C=O) groups excluding carboxylic acids is 1. The van der Waals surface area contributed by atoms with Gasteiger partial charge < -0.3 is 14.6 Å². The lowest BCUT2D eigenvalue weighted by Crippen LogP contribution is -1.94. The molecule has 0 spiro atoms. The van der Waals surface area contributed by atoms with Crippen molar-refractivity contribution in [3.8, 4) is 17.2 Å². The van der Waals surface area contributed by atoms with Crippen molar-refractivity contribution < 1.29 is 23.8 Å². The van der Waals surface area contributed by atoms with Gasteiger partial charge in [0.05, 0.1) is 5.56 Å². The first kappa shape index (κ1) is 7.85. The molecular weight excluding hydrogens is 179 g/mol. The Labute approximate surface area is 72.5 Å². The molecule has 0 aliphatic carbocycles. The summed E-state index contributed by atoms with van der Waals surface area (Å²) in [4.78, 5) is 10.4. The first-order valence-electron chi connectivity index (χ1n) is 3.50. The van der Waals surface area contributed by atoms with Gasteiger partial charge in [0.2, 0.25) is 12.5 Å². The predicted octanol–water partition coefficient (Wildman–Crippen LogP) is 1.07. The Kier molecular flexibility index (Phi) is 1.58. The third kappa shape index (κ3) is 1.00. The highest BCUT2D eigenvalue weighted by molar-refractivity contribution is 5.81. The zero-order valence-corrected chi connectivity index (χ0v) is 6.41. The van der Waals surface area contributed by atoms with Gasteiger partial charge in [-0.05, 0) is 0 Å². The van der Waals surface area contributed by atoms with E-state index in [2.05, 4.69) is 0 Å². The second-order valence-corrected chi connectivity index (χ2v) is 2.47. The van der Waals surface area contributed by atoms with Gasteiger partial charge in [-0.3, -0.25) is 4.79 Å². The van der Waals surface area contributed by atoms with Gasteiger partial charge in [0.1, 0.15) is 5.75 Å². The minimum atomic E-state index is -0.887. The van der Waals surface area contributed by atoms with Crippen LogP contribution in [-0.4, -0.2) is 18.2 Å². The van der Waals surface area contributed by atoms with Crippen LogP contribution in [0.25, 0.3) is 0 Å². The normalized spacial score (nSPS) is 13.0. The summed E-state index contributed by atoms with van der Waals surface area (Å²) < 4.78 is 22.8. The number of hydrogen-bond donors (Lipinski definition) is 1. The van der Waals surface area contributed by atoms with Gasteiger partial charge in [0.15, 0.2) is 17.9 Å². The average molecular weight is 184 g/mol. The van der Waals surface area contributed by atoms with Gasteiger partial charge in [0.25, 0.3) is 0 Å². The molecule has 2 rings (SSSR count). The molecule has 0 bridgehead atoms. The minimum absolute atomic E-state index is 0.103. The summed E-state index contributed by atoms with van der Waals surface area (Å²) in [6, 6.07) is 1.15. The maximum atomic E-state index is 13.2. The average Bonchev–Trinajstić information content (AvgIpc) is 2.53. The van der Waals surface area contributed by atoms with Crippen molar-refractivity contribution in [2.24, 2.45) is 0 Å². The zero-order chi connectivity index (χ0) is 9.42. The summed E-state index contributed by atoms with van der Waals surface area (Å²) in [6.07, 6.45) is 0.229. The highest BCUT2D eigenvalue weighted by Crippen LogP contribution is 2.40. The second-order valence-electron chi connectivity index (χ2n) is 2.47. The molecule has 1 aliphatic rings. The Bertz CT molecular complexity index is 375. The van der Waals surface area contributed by atoms with E-state index < -0.39 is 17.1 Å². The van der Waals surface area contributed by atoms with Crippen LogP contribution in [0.15, 0.2) is 6.07 Å². The SMILES string of the molecule is O=Cc1c(O)cc2c(c1F)OCO2. The van der Waals surface area contributed by atoms with E-state index >= 15 is 0 Å². The van der Waals surface area contributed by atoms with E-state index in [9.17, 15) is 9.18 Å². The molecule has 0 amide bonds. The van der Waals surface area contributed by atoms with E-state index in [1.165, 1.54) is 0 Å². The molecule has 0 saturated carbocycles. The number of ether oxygens (including phenoxy) is 2. The number of phenolic OH excluding ortho intramolecular Hbond substituents is 1. The van der Waals surface area contributed by atoms with Crippen molar-refractivity contribution >= 4 is 6.29 Å². The smallest absolute Gasteiger partial charge is 0.231 e. The lowest BCUT2D eigenvalue weighted by Gasteiger charge is -2.02. The summed E-state index contributed by atoms with van der Waals surface area (Å²) in [5, 5.41) is 9.15. The summed E-state index contributed by atoms with van der Waals surface area (Å²) in [6.45, 7) is -0.103. The fraction of sp³-hybridized carbons (Fsp3) is 0.125. The molecule has 1 heterocycles. The molecule has 0 fully saturated rings. The number of fused-ring (bicyclic) bond motifs is 1. The summed E-state index contributed by atoms with van der Waals surface area (Å²) in [5.41, 5.74) is -0.413. The Morgan fingerprint density at radius 2 is 2.31 bits per heavy atom. The maximum Gasteiger partial charge on any atom is 0.231 e. The Hall–Kier alpha value is -1.78. The largest absolute Gasteiger partial charge is 0.507 e. The molecular formula is C8H5FO4.